The number of Topliss-reactive ketones (excluding diaryl/α,β-unsaturated/α-hetero) is 1. The minimum atomic E-state index is -0.688. The molecule has 4 rings (SSSR count). The van der Waals surface area contributed by atoms with Crippen molar-refractivity contribution in [3.63, 3.8) is 0 Å². The molecule has 0 saturated heterocycles. The Morgan fingerprint density at radius 1 is 1.03 bits per heavy atom. The summed E-state index contributed by atoms with van der Waals surface area (Å²) in [4.78, 5) is 25.0. The van der Waals surface area contributed by atoms with Crippen molar-refractivity contribution in [2.75, 3.05) is 0 Å². The molecule has 0 amide bonds. The van der Waals surface area contributed by atoms with E-state index in [1.807, 2.05) is 0 Å². The fourth-order valence-electron chi connectivity index (χ4n) is 9.46. The van der Waals surface area contributed by atoms with Crippen LogP contribution in [0.2, 0.25) is 0 Å². The van der Waals surface area contributed by atoms with Gasteiger partial charge in [-0.15, -0.1) is 0 Å². The van der Waals surface area contributed by atoms with Gasteiger partial charge in [0, 0.05) is 19.3 Å². The van der Waals surface area contributed by atoms with Gasteiger partial charge in [-0.05, 0) is 97.7 Å². The maximum absolute atomic E-state index is 13.5. The number of ether oxygens (including phenoxy) is 1. The summed E-state index contributed by atoms with van der Waals surface area (Å²) in [5.41, 5.74) is 0.131. The summed E-state index contributed by atoms with van der Waals surface area (Å²) in [6, 6.07) is 0. The zero-order valence-electron chi connectivity index (χ0n) is 22.3. The summed E-state index contributed by atoms with van der Waals surface area (Å²) < 4.78 is 5.53. The Morgan fingerprint density at radius 3 is 2.32 bits per heavy atom. The lowest BCUT2D eigenvalue weighted by Crippen LogP contribution is -2.57. The number of hydrogen-bond donors (Lipinski definition) is 2. The Bertz CT molecular complexity index is 778. The maximum Gasteiger partial charge on any atom is 0.302 e. The second-order valence-corrected chi connectivity index (χ2v) is 13.4. The first-order valence-electron chi connectivity index (χ1n) is 13.9. The molecule has 0 spiro atoms. The van der Waals surface area contributed by atoms with Gasteiger partial charge in [-0.2, -0.15) is 0 Å². The highest BCUT2D eigenvalue weighted by Crippen LogP contribution is 2.68. The minimum absolute atomic E-state index is 0.00859. The number of fused-ring (bicyclic) bond motifs is 5. The molecule has 2 N–H and O–H groups in total. The topological polar surface area (TPSA) is 83.8 Å². The monoisotopic (exact) mass is 476 g/mol. The van der Waals surface area contributed by atoms with Crippen LogP contribution in [-0.4, -0.2) is 40.3 Å². The number of esters is 1. The lowest BCUT2D eigenvalue weighted by molar-refractivity contribution is -0.170. The molecular formula is C29H48O5. The van der Waals surface area contributed by atoms with Gasteiger partial charge in [-0.25, -0.2) is 0 Å². The fourth-order valence-corrected chi connectivity index (χ4v) is 9.46. The molecule has 0 aliphatic heterocycles. The van der Waals surface area contributed by atoms with Crippen molar-refractivity contribution in [2.45, 2.75) is 118 Å². The number of aliphatic hydroxyl groups is 2. The first kappa shape index (κ1) is 26.1. The molecule has 0 unspecified atom stereocenters. The molecule has 0 aromatic rings. The molecule has 4 saturated carbocycles. The van der Waals surface area contributed by atoms with E-state index < -0.39 is 12.2 Å². The van der Waals surface area contributed by atoms with Crippen molar-refractivity contribution in [1.82, 2.24) is 0 Å². The summed E-state index contributed by atoms with van der Waals surface area (Å²) >= 11 is 0. The van der Waals surface area contributed by atoms with E-state index in [4.69, 9.17) is 4.74 Å². The molecule has 0 aromatic heterocycles. The van der Waals surface area contributed by atoms with E-state index in [-0.39, 0.29) is 34.7 Å². The van der Waals surface area contributed by atoms with Crippen molar-refractivity contribution in [1.29, 1.82) is 0 Å². The number of carbonyl (C=O) groups is 2. The fraction of sp³-hybridized carbons (Fsp3) is 0.931. The number of aliphatic hydroxyl groups excluding tert-OH is 2. The van der Waals surface area contributed by atoms with Gasteiger partial charge in [0.25, 0.3) is 0 Å². The van der Waals surface area contributed by atoms with E-state index in [9.17, 15) is 19.8 Å². The van der Waals surface area contributed by atoms with Crippen LogP contribution in [0.25, 0.3) is 0 Å². The van der Waals surface area contributed by atoms with E-state index in [1.54, 1.807) is 0 Å². The molecule has 194 valence electrons. The van der Waals surface area contributed by atoms with Crippen molar-refractivity contribution < 1.29 is 24.5 Å². The van der Waals surface area contributed by atoms with Crippen LogP contribution in [0.1, 0.15) is 99.3 Å². The average Bonchev–Trinajstić information content (AvgIpc) is 3.10. The average molecular weight is 477 g/mol. The van der Waals surface area contributed by atoms with Crippen LogP contribution in [0.15, 0.2) is 0 Å². The normalized spacial score (nSPS) is 44.6. The Kier molecular flexibility index (Phi) is 7.30. The van der Waals surface area contributed by atoms with Crippen LogP contribution in [0.3, 0.4) is 0 Å². The summed E-state index contributed by atoms with van der Waals surface area (Å²) in [7, 11) is 0. The molecule has 4 aliphatic rings. The van der Waals surface area contributed by atoms with Gasteiger partial charge in [0.05, 0.1) is 12.2 Å². The molecule has 4 fully saturated rings. The molecule has 4 aliphatic carbocycles. The summed E-state index contributed by atoms with van der Waals surface area (Å²) in [5.74, 6) is 2.45. The second-order valence-electron chi connectivity index (χ2n) is 13.4. The highest BCUT2D eigenvalue weighted by atomic mass is 16.5. The standard InChI is InChI=1S/C29H48O5/c1-16(2)13-26(32)27(33)17(3)21-7-8-22-20-15-25(31)24-14-19(34-18(4)30)9-11-29(24,6)23(20)10-12-28(21,22)5/h16-17,19-24,26-27,32-33H,7-15H2,1-6H3/t17-,19-,20-,21+,22-,23-,24+,26+,27+,28+,29+/m0/s1. The number of carbonyl (C=O) groups excluding carboxylic acids is 2. The Labute approximate surface area is 206 Å². The van der Waals surface area contributed by atoms with Gasteiger partial charge in [-0.3, -0.25) is 9.59 Å². The predicted octanol–water partition coefficient (Wildman–Crippen LogP) is 5.16. The van der Waals surface area contributed by atoms with Crippen LogP contribution in [0.4, 0.5) is 0 Å². The molecule has 0 bridgehead atoms. The van der Waals surface area contributed by atoms with Crippen molar-refractivity contribution in [2.24, 2.45) is 52.3 Å². The predicted molar refractivity (Wildman–Crippen MR) is 132 cm³/mol. The van der Waals surface area contributed by atoms with Crippen molar-refractivity contribution >= 4 is 11.8 Å². The number of ketones is 1. The maximum atomic E-state index is 13.5. The van der Waals surface area contributed by atoms with Gasteiger partial charge in [0.2, 0.25) is 0 Å². The third-order valence-electron chi connectivity index (χ3n) is 11.1. The first-order valence-corrected chi connectivity index (χ1v) is 13.9. The van der Waals surface area contributed by atoms with E-state index in [0.29, 0.717) is 54.6 Å². The van der Waals surface area contributed by atoms with Crippen LogP contribution in [-0.2, 0) is 14.3 Å². The molecule has 5 heteroatoms. The molecule has 5 nitrogen and oxygen atoms in total. The van der Waals surface area contributed by atoms with Crippen LogP contribution in [0, 0.1) is 52.3 Å². The van der Waals surface area contributed by atoms with Crippen molar-refractivity contribution in [3.8, 4) is 0 Å². The molecule has 11 atom stereocenters. The molecular weight excluding hydrogens is 428 g/mol. The largest absolute Gasteiger partial charge is 0.463 e. The lowest BCUT2D eigenvalue weighted by atomic mass is 9.44. The summed E-state index contributed by atoms with van der Waals surface area (Å²) in [6.07, 6.45) is 6.85. The van der Waals surface area contributed by atoms with Gasteiger partial charge < -0.3 is 14.9 Å². The zero-order valence-corrected chi connectivity index (χ0v) is 22.3. The summed E-state index contributed by atoms with van der Waals surface area (Å²) in [6.45, 7) is 12.5. The summed E-state index contributed by atoms with van der Waals surface area (Å²) in [5, 5.41) is 21.7. The Morgan fingerprint density at radius 2 is 1.68 bits per heavy atom. The number of hydrogen-bond acceptors (Lipinski definition) is 5. The molecule has 0 aromatic carbocycles. The van der Waals surface area contributed by atoms with Gasteiger partial charge in [0.15, 0.2) is 0 Å². The lowest BCUT2D eigenvalue weighted by Gasteiger charge is -2.60. The Hall–Kier alpha value is -0.940. The third-order valence-corrected chi connectivity index (χ3v) is 11.1. The third kappa shape index (κ3) is 4.38. The molecule has 0 heterocycles. The number of rotatable bonds is 6. The van der Waals surface area contributed by atoms with Gasteiger partial charge in [-0.1, -0.05) is 34.6 Å². The molecule has 34 heavy (non-hydrogen) atoms. The van der Waals surface area contributed by atoms with E-state index >= 15 is 0 Å². The quantitative estimate of drug-likeness (QED) is 0.517. The van der Waals surface area contributed by atoms with Crippen LogP contribution in [0.5, 0.6) is 0 Å². The zero-order chi connectivity index (χ0) is 25.0. The molecule has 0 radical (unpaired) electrons. The van der Waals surface area contributed by atoms with E-state index in [2.05, 4.69) is 34.6 Å². The SMILES string of the molecule is CC(=O)O[C@H]1CC[C@@]2(C)[C@H](C1)C(=O)C[C@@H]1[C@@H]2CC[C@]2(C)[C@@H]([C@H](C)[C@@H](O)[C@H](O)CC(C)C)CC[C@@H]12. The van der Waals surface area contributed by atoms with Crippen molar-refractivity contribution in [3.05, 3.63) is 0 Å². The first-order chi connectivity index (χ1) is 15.9. The van der Waals surface area contributed by atoms with Gasteiger partial charge >= 0.3 is 5.97 Å². The van der Waals surface area contributed by atoms with Crippen LogP contribution >= 0.6 is 0 Å². The van der Waals surface area contributed by atoms with Crippen LogP contribution < -0.4 is 0 Å². The van der Waals surface area contributed by atoms with E-state index in [0.717, 1.165) is 38.5 Å². The second kappa shape index (κ2) is 9.50. The van der Waals surface area contributed by atoms with E-state index in [1.165, 1.54) is 6.92 Å². The highest BCUT2D eigenvalue weighted by molar-refractivity contribution is 5.83. The highest BCUT2D eigenvalue weighted by Gasteiger charge is 2.63. The smallest absolute Gasteiger partial charge is 0.302 e. The van der Waals surface area contributed by atoms with Gasteiger partial charge in [0.1, 0.15) is 11.9 Å². The Balaban J connectivity index is 1.51. The minimum Gasteiger partial charge on any atom is -0.463 e.